The molecule has 108 valence electrons. The fourth-order valence-corrected chi connectivity index (χ4v) is 2.25. The standard InChI is InChI=1S/C16H12Cl3NO/c1-10(20-13-4-2-3-12(17)9-13)7-16(21)11-5-6-14(18)15(19)8-11/h2-9,20H,1H3/b10-7-. The van der Waals surface area contributed by atoms with E-state index < -0.39 is 0 Å². The maximum atomic E-state index is 12.1. The third kappa shape index (κ3) is 4.50. The molecule has 0 aliphatic rings. The van der Waals surface area contributed by atoms with Crippen LogP contribution >= 0.6 is 34.8 Å². The van der Waals surface area contributed by atoms with Gasteiger partial charge >= 0.3 is 0 Å². The van der Waals surface area contributed by atoms with Gasteiger partial charge in [-0.15, -0.1) is 0 Å². The van der Waals surface area contributed by atoms with Crippen molar-refractivity contribution >= 4 is 46.3 Å². The highest BCUT2D eigenvalue weighted by molar-refractivity contribution is 6.42. The number of benzene rings is 2. The van der Waals surface area contributed by atoms with Gasteiger partial charge in [0.2, 0.25) is 0 Å². The van der Waals surface area contributed by atoms with Gasteiger partial charge < -0.3 is 5.32 Å². The zero-order chi connectivity index (χ0) is 15.4. The predicted molar refractivity (Wildman–Crippen MR) is 89.6 cm³/mol. The Morgan fingerprint density at radius 3 is 2.48 bits per heavy atom. The Hall–Kier alpha value is -1.48. The molecule has 0 fully saturated rings. The number of hydrogen-bond donors (Lipinski definition) is 1. The molecular weight excluding hydrogens is 329 g/mol. The number of hydrogen-bond acceptors (Lipinski definition) is 2. The average Bonchev–Trinajstić information content (AvgIpc) is 2.41. The summed E-state index contributed by atoms with van der Waals surface area (Å²) >= 11 is 17.6. The second-order valence-electron chi connectivity index (χ2n) is 4.46. The first-order valence-electron chi connectivity index (χ1n) is 6.16. The fraction of sp³-hybridized carbons (Fsp3) is 0.0625. The molecule has 1 N–H and O–H groups in total. The lowest BCUT2D eigenvalue weighted by atomic mass is 10.1. The maximum Gasteiger partial charge on any atom is 0.187 e. The van der Waals surface area contributed by atoms with Crippen molar-refractivity contribution in [2.45, 2.75) is 6.92 Å². The summed E-state index contributed by atoms with van der Waals surface area (Å²) in [6, 6.07) is 12.1. The number of carbonyl (C=O) groups is 1. The first kappa shape index (κ1) is 15.9. The maximum absolute atomic E-state index is 12.1. The van der Waals surface area contributed by atoms with E-state index in [1.165, 1.54) is 6.08 Å². The Balaban J connectivity index is 2.14. The molecule has 0 aromatic heterocycles. The third-order valence-electron chi connectivity index (χ3n) is 2.72. The Bertz CT molecular complexity index is 710. The van der Waals surface area contributed by atoms with Gasteiger partial charge in [0.15, 0.2) is 5.78 Å². The van der Waals surface area contributed by atoms with Crippen LogP contribution in [0.5, 0.6) is 0 Å². The lowest BCUT2D eigenvalue weighted by Crippen LogP contribution is -2.01. The lowest BCUT2D eigenvalue weighted by Gasteiger charge is -2.07. The van der Waals surface area contributed by atoms with Crippen LogP contribution in [0.15, 0.2) is 54.2 Å². The zero-order valence-corrected chi connectivity index (χ0v) is 13.4. The molecule has 0 bridgehead atoms. The summed E-state index contributed by atoms with van der Waals surface area (Å²) in [6.07, 6.45) is 1.50. The van der Waals surface area contributed by atoms with Gasteiger partial charge in [-0.05, 0) is 43.3 Å². The molecule has 0 unspecified atom stereocenters. The number of allylic oxidation sites excluding steroid dienone is 2. The fourth-order valence-electron chi connectivity index (χ4n) is 1.76. The van der Waals surface area contributed by atoms with Gasteiger partial charge in [0.05, 0.1) is 10.0 Å². The zero-order valence-electron chi connectivity index (χ0n) is 11.2. The van der Waals surface area contributed by atoms with Gasteiger partial charge in [0, 0.05) is 28.0 Å². The van der Waals surface area contributed by atoms with Crippen LogP contribution in [0.1, 0.15) is 17.3 Å². The molecule has 0 heterocycles. The summed E-state index contributed by atoms with van der Waals surface area (Å²) in [6.45, 7) is 1.80. The van der Waals surface area contributed by atoms with Crippen LogP contribution in [0, 0.1) is 0 Å². The molecule has 2 nitrogen and oxygen atoms in total. The van der Waals surface area contributed by atoms with Crippen LogP contribution in [-0.4, -0.2) is 5.78 Å². The van der Waals surface area contributed by atoms with E-state index in [0.717, 1.165) is 5.69 Å². The molecule has 0 saturated carbocycles. The van der Waals surface area contributed by atoms with Gasteiger partial charge in [-0.25, -0.2) is 0 Å². The van der Waals surface area contributed by atoms with Crippen molar-refractivity contribution in [1.82, 2.24) is 0 Å². The summed E-state index contributed by atoms with van der Waals surface area (Å²) in [5.74, 6) is -0.152. The van der Waals surface area contributed by atoms with Crippen LogP contribution in [0.4, 0.5) is 5.69 Å². The summed E-state index contributed by atoms with van der Waals surface area (Å²) in [5.41, 5.74) is 2.00. The molecule has 2 aromatic rings. The van der Waals surface area contributed by atoms with E-state index in [0.29, 0.717) is 26.3 Å². The van der Waals surface area contributed by atoms with Gasteiger partial charge in [0.25, 0.3) is 0 Å². The van der Waals surface area contributed by atoms with Gasteiger partial charge in [-0.3, -0.25) is 4.79 Å². The monoisotopic (exact) mass is 339 g/mol. The SMILES string of the molecule is C/C(=C/C(=O)c1ccc(Cl)c(Cl)c1)Nc1cccc(Cl)c1. The highest BCUT2D eigenvalue weighted by Gasteiger charge is 2.06. The third-order valence-corrected chi connectivity index (χ3v) is 3.69. The lowest BCUT2D eigenvalue weighted by molar-refractivity contribution is 0.104. The summed E-state index contributed by atoms with van der Waals surface area (Å²) in [5, 5.41) is 4.51. The van der Waals surface area contributed by atoms with E-state index in [-0.39, 0.29) is 5.78 Å². The molecule has 0 atom stereocenters. The van der Waals surface area contributed by atoms with E-state index >= 15 is 0 Å². The molecular formula is C16H12Cl3NO. The van der Waals surface area contributed by atoms with Crippen LogP contribution in [0.2, 0.25) is 15.1 Å². The second-order valence-corrected chi connectivity index (χ2v) is 5.71. The van der Waals surface area contributed by atoms with E-state index in [4.69, 9.17) is 34.8 Å². The molecule has 0 aliphatic carbocycles. The number of carbonyl (C=O) groups excluding carboxylic acids is 1. The smallest absolute Gasteiger partial charge is 0.187 e. The topological polar surface area (TPSA) is 29.1 Å². The molecule has 0 saturated heterocycles. The van der Waals surface area contributed by atoms with Crippen LogP contribution in [0.3, 0.4) is 0 Å². The molecule has 0 spiro atoms. The number of anilines is 1. The Labute approximate surface area is 138 Å². The number of nitrogens with one attached hydrogen (secondary N) is 1. The van der Waals surface area contributed by atoms with Crippen molar-refractivity contribution in [3.8, 4) is 0 Å². The van der Waals surface area contributed by atoms with Gasteiger partial charge in [0.1, 0.15) is 0 Å². The van der Waals surface area contributed by atoms with Gasteiger partial charge in [-0.2, -0.15) is 0 Å². The summed E-state index contributed by atoms with van der Waals surface area (Å²) in [7, 11) is 0. The minimum absolute atomic E-state index is 0.152. The molecule has 2 rings (SSSR count). The molecule has 0 radical (unpaired) electrons. The van der Waals surface area contributed by atoms with E-state index in [9.17, 15) is 4.79 Å². The Morgan fingerprint density at radius 1 is 1.05 bits per heavy atom. The van der Waals surface area contributed by atoms with Crippen molar-refractivity contribution in [3.63, 3.8) is 0 Å². The number of rotatable bonds is 4. The summed E-state index contributed by atoms with van der Waals surface area (Å²) < 4.78 is 0. The Kier molecular flexibility index (Phi) is 5.29. The van der Waals surface area contributed by atoms with Crippen molar-refractivity contribution in [1.29, 1.82) is 0 Å². The van der Waals surface area contributed by atoms with Crippen molar-refractivity contribution in [2.24, 2.45) is 0 Å². The first-order chi connectivity index (χ1) is 9.95. The largest absolute Gasteiger partial charge is 0.359 e. The average molecular weight is 341 g/mol. The molecule has 2 aromatic carbocycles. The normalized spacial score (nSPS) is 11.3. The molecule has 5 heteroatoms. The van der Waals surface area contributed by atoms with E-state index in [1.54, 1.807) is 37.3 Å². The highest BCUT2D eigenvalue weighted by atomic mass is 35.5. The minimum Gasteiger partial charge on any atom is -0.359 e. The number of ketones is 1. The highest BCUT2D eigenvalue weighted by Crippen LogP contribution is 2.23. The van der Waals surface area contributed by atoms with Crippen molar-refractivity contribution in [2.75, 3.05) is 5.32 Å². The number of halogens is 3. The second kappa shape index (κ2) is 6.99. The summed E-state index contributed by atoms with van der Waals surface area (Å²) in [4.78, 5) is 12.1. The minimum atomic E-state index is -0.152. The quantitative estimate of drug-likeness (QED) is 0.559. The predicted octanol–water partition coefficient (Wildman–Crippen LogP) is 5.85. The van der Waals surface area contributed by atoms with E-state index in [2.05, 4.69) is 5.32 Å². The van der Waals surface area contributed by atoms with Crippen LogP contribution in [-0.2, 0) is 0 Å². The first-order valence-corrected chi connectivity index (χ1v) is 7.29. The van der Waals surface area contributed by atoms with Gasteiger partial charge in [-0.1, -0.05) is 40.9 Å². The van der Waals surface area contributed by atoms with Crippen LogP contribution < -0.4 is 5.32 Å². The van der Waals surface area contributed by atoms with Crippen LogP contribution in [0.25, 0.3) is 0 Å². The Morgan fingerprint density at radius 2 is 1.81 bits per heavy atom. The molecule has 0 aliphatic heterocycles. The van der Waals surface area contributed by atoms with Crippen molar-refractivity contribution < 1.29 is 4.79 Å². The van der Waals surface area contributed by atoms with Crippen molar-refractivity contribution in [3.05, 3.63) is 74.9 Å². The molecule has 0 amide bonds. The van der Waals surface area contributed by atoms with E-state index in [1.807, 2.05) is 12.1 Å². The molecule has 21 heavy (non-hydrogen) atoms.